The summed E-state index contributed by atoms with van der Waals surface area (Å²) < 4.78 is 54.0. The SMILES string of the molecule is CC(F)(F)C(F)F.CCOF. The molecule has 0 fully saturated rings. The van der Waals surface area contributed by atoms with Gasteiger partial charge in [0.25, 0.3) is 0 Å². The second-order valence-electron chi connectivity index (χ2n) is 1.65. The van der Waals surface area contributed by atoms with E-state index in [0.717, 1.165) is 0 Å². The van der Waals surface area contributed by atoms with E-state index in [0.29, 0.717) is 0 Å². The molecule has 1 nitrogen and oxygen atoms in total. The summed E-state index contributed by atoms with van der Waals surface area (Å²) >= 11 is 0. The molecule has 0 spiro atoms. The van der Waals surface area contributed by atoms with Gasteiger partial charge in [-0.1, -0.05) is 0 Å². The van der Waals surface area contributed by atoms with Crippen LogP contribution < -0.4 is 0 Å². The van der Waals surface area contributed by atoms with Crippen molar-refractivity contribution in [1.82, 2.24) is 0 Å². The average molecular weight is 180 g/mol. The van der Waals surface area contributed by atoms with E-state index < -0.39 is 12.3 Å². The highest BCUT2D eigenvalue weighted by atomic mass is 19.3. The van der Waals surface area contributed by atoms with Crippen LogP contribution in [0, 0.1) is 0 Å². The first kappa shape index (κ1) is 13.2. The lowest BCUT2D eigenvalue weighted by Gasteiger charge is -2.05. The maximum Gasteiger partial charge on any atom is 0.304 e. The van der Waals surface area contributed by atoms with E-state index in [1.807, 2.05) is 0 Å². The fourth-order valence-corrected chi connectivity index (χ4v) is 0. The minimum atomic E-state index is -3.83. The number of alkyl halides is 4. The molecular weight excluding hydrogens is 171 g/mol. The van der Waals surface area contributed by atoms with Gasteiger partial charge in [-0.15, -0.1) is 0 Å². The van der Waals surface area contributed by atoms with Gasteiger partial charge < -0.3 is 0 Å². The molecule has 0 unspecified atom stereocenters. The molecule has 0 amide bonds. The van der Waals surface area contributed by atoms with Gasteiger partial charge in [0.05, 0.1) is 6.61 Å². The van der Waals surface area contributed by atoms with Crippen LogP contribution >= 0.6 is 0 Å². The van der Waals surface area contributed by atoms with Crippen LogP contribution in [0.25, 0.3) is 0 Å². The lowest BCUT2D eigenvalue weighted by atomic mass is 10.4. The topological polar surface area (TPSA) is 9.23 Å². The molecule has 6 heteroatoms. The number of halogens is 5. The zero-order chi connectivity index (χ0) is 9.49. The minimum Gasteiger partial charge on any atom is -0.204 e. The molecule has 0 aromatic rings. The molecule has 0 atom stereocenters. The maximum absolute atomic E-state index is 11.1. The van der Waals surface area contributed by atoms with Crippen LogP contribution in [0.2, 0.25) is 0 Å². The summed E-state index contributed by atoms with van der Waals surface area (Å²) in [5.41, 5.74) is 0. The zero-order valence-electron chi connectivity index (χ0n) is 6.08. The molecule has 0 heterocycles. The number of hydrogen-bond donors (Lipinski definition) is 0. The monoisotopic (exact) mass is 180 g/mol. The van der Waals surface area contributed by atoms with E-state index in [1.54, 1.807) is 6.92 Å². The first-order valence-electron chi connectivity index (χ1n) is 2.75. The predicted octanol–water partition coefficient (Wildman–Crippen LogP) is 2.81. The van der Waals surface area contributed by atoms with E-state index in [9.17, 15) is 22.1 Å². The molecule has 11 heavy (non-hydrogen) atoms. The van der Waals surface area contributed by atoms with Crippen molar-refractivity contribution in [1.29, 1.82) is 0 Å². The Kier molecular flexibility index (Phi) is 7.60. The summed E-state index contributed by atoms with van der Waals surface area (Å²) in [6.07, 6.45) is -3.53. The van der Waals surface area contributed by atoms with Crippen molar-refractivity contribution in [2.75, 3.05) is 6.61 Å². The van der Waals surface area contributed by atoms with Gasteiger partial charge in [0.15, 0.2) is 0 Å². The Hall–Kier alpha value is -0.390. The van der Waals surface area contributed by atoms with Crippen molar-refractivity contribution >= 4 is 0 Å². The van der Waals surface area contributed by atoms with Gasteiger partial charge in [0.1, 0.15) is 0 Å². The molecule has 0 rings (SSSR count). The molecule has 0 aliphatic heterocycles. The molecule has 0 saturated carbocycles. The van der Waals surface area contributed by atoms with Gasteiger partial charge in [-0.25, -0.2) is 17.6 Å². The second kappa shape index (κ2) is 6.33. The van der Waals surface area contributed by atoms with Gasteiger partial charge in [-0.05, 0) is 11.4 Å². The van der Waals surface area contributed by atoms with Crippen LogP contribution in [0.5, 0.6) is 0 Å². The first-order valence-corrected chi connectivity index (χ1v) is 2.75. The molecule has 0 aliphatic rings. The summed E-state index contributed by atoms with van der Waals surface area (Å²) in [6, 6.07) is 0. The lowest BCUT2D eigenvalue weighted by molar-refractivity contribution is -0.125. The number of hydrogen-bond acceptors (Lipinski definition) is 1. The Morgan fingerprint density at radius 1 is 1.36 bits per heavy atom. The van der Waals surface area contributed by atoms with Gasteiger partial charge in [-0.3, -0.25) is 0 Å². The first-order chi connectivity index (χ1) is 4.86. The highest BCUT2D eigenvalue weighted by Crippen LogP contribution is 2.20. The Labute approximate surface area is 61.0 Å². The largest absolute Gasteiger partial charge is 0.304 e. The summed E-state index contributed by atoms with van der Waals surface area (Å²) in [7, 11) is 0. The van der Waals surface area contributed by atoms with Crippen molar-refractivity contribution in [3.63, 3.8) is 0 Å². The Bertz CT molecular complexity index is 77.4. The molecule has 0 N–H and O–H groups in total. The van der Waals surface area contributed by atoms with Crippen LogP contribution in [0.3, 0.4) is 0 Å². The fraction of sp³-hybridized carbons (Fsp3) is 1.00. The number of rotatable bonds is 2. The van der Waals surface area contributed by atoms with E-state index in [4.69, 9.17) is 0 Å². The molecule has 0 bridgehead atoms. The fourth-order valence-electron chi connectivity index (χ4n) is 0. The summed E-state index contributed by atoms with van der Waals surface area (Å²) in [6.45, 7) is 1.91. The normalized spacial score (nSPS) is 10.9. The standard InChI is InChI=1S/C3H4F4.C2H5FO/c1-3(6,7)2(4)5;1-2-4-3/h2H,1H3;2H2,1H3. The van der Waals surface area contributed by atoms with Crippen LogP contribution in [0.15, 0.2) is 0 Å². The molecule has 0 aliphatic carbocycles. The second-order valence-corrected chi connectivity index (χ2v) is 1.65. The minimum absolute atomic E-state index is 0.153. The van der Waals surface area contributed by atoms with E-state index in [-0.39, 0.29) is 13.5 Å². The van der Waals surface area contributed by atoms with Crippen LogP contribution in [0.1, 0.15) is 13.8 Å². The zero-order valence-corrected chi connectivity index (χ0v) is 6.08. The molecule has 0 saturated heterocycles. The van der Waals surface area contributed by atoms with Crippen LogP contribution in [-0.4, -0.2) is 19.0 Å². The summed E-state index contributed by atoms with van der Waals surface area (Å²) in [4.78, 5) is 3.04. The Morgan fingerprint density at radius 2 is 1.55 bits per heavy atom. The van der Waals surface area contributed by atoms with Crippen LogP contribution in [0.4, 0.5) is 22.1 Å². The van der Waals surface area contributed by atoms with E-state index in [2.05, 4.69) is 4.94 Å². The van der Waals surface area contributed by atoms with Gasteiger partial charge in [0.2, 0.25) is 0 Å². The Morgan fingerprint density at radius 3 is 1.55 bits per heavy atom. The molecule has 0 radical (unpaired) electrons. The molecular formula is C5H9F5O. The molecule has 0 aromatic carbocycles. The molecule has 0 aromatic heterocycles. The van der Waals surface area contributed by atoms with Gasteiger partial charge in [-0.2, -0.15) is 4.94 Å². The van der Waals surface area contributed by atoms with Crippen molar-refractivity contribution in [3.8, 4) is 0 Å². The highest BCUT2D eigenvalue weighted by molar-refractivity contribution is 4.58. The smallest absolute Gasteiger partial charge is 0.204 e. The third-order valence-corrected chi connectivity index (χ3v) is 0.492. The van der Waals surface area contributed by atoms with Crippen molar-refractivity contribution in [2.45, 2.75) is 26.2 Å². The average Bonchev–Trinajstić information content (AvgIpc) is 1.87. The van der Waals surface area contributed by atoms with E-state index >= 15 is 0 Å². The van der Waals surface area contributed by atoms with Gasteiger partial charge >= 0.3 is 12.3 Å². The lowest BCUT2D eigenvalue weighted by Crippen LogP contribution is -2.20. The van der Waals surface area contributed by atoms with Crippen LogP contribution in [-0.2, 0) is 4.94 Å². The van der Waals surface area contributed by atoms with Gasteiger partial charge in [0, 0.05) is 6.92 Å². The van der Waals surface area contributed by atoms with Crippen molar-refractivity contribution < 1.29 is 27.0 Å². The maximum atomic E-state index is 11.1. The Balaban J connectivity index is 0. The third-order valence-electron chi connectivity index (χ3n) is 0.492. The molecule has 70 valence electrons. The summed E-state index contributed by atoms with van der Waals surface area (Å²) in [5.74, 6) is -3.83. The van der Waals surface area contributed by atoms with Crippen molar-refractivity contribution in [3.05, 3.63) is 0 Å². The highest BCUT2D eigenvalue weighted by Gasteiger charge is 2.33. The van der Waals surface area contributed by atoms with E-state index in [1.165, 1.54) is 0 Å². The summed E-state index contributed by atoms with van der Waals surface area (Å²) in [5, 5.41) is 0. The quantitative estimate of drug-likeness (QED) is 0.593. The third kappa shape index (κ3) is 12.7. The predicted molar refractivity (Wildman–Crippen MR) is 29.4 cm³/mol. The van der Waals surface area contributed by atoms with Crippen molar-refractivity contribution in [2.24, 2.45) is 0 Å².